The summed E-state index contributed by atoms with van der Waals surface area (Å²) in [6.45, 7) is 5.94. The van der Waals surface area contributed by atoms with E-state index in [1.54, 1.807) is 0 Å². The van der Waals surface area contributed by atoms with Crippen LogP contribution in [-0.4, -0.2) is 11.2 Å². The van der Waals surface area contributed by atoms with Crippen molar-refractivity contribution in [1.82, 2.24) is 0 Å². The van der Waals surface area contributed by atoms with E-state index in [2.05, 4.69) is 13.5 Å². The molecule has 1 heteroatoms. The normalized spacial score (nSPS) is 38.5. The highest BCUT2D eigenvalue weighted by Crippen LogP contribution is 2.28. The van der Waals surface area contributed by atoms with E-state index in [-0.39, 0.29) is 6.10 Å². The predicted octanol–water partition coefficient (Wildman–Crippen LogP) is 1.33. The first-order valence-corrected chi connectivity index (χ1v) is 3.06. The fourth-order valence-corrected chi connectivity index (χ4v) is 1.16. The lowest BCUT2D eigenvalue weighted by Gasteiger charge is -1.97. The Morgan fingerprint density at radius 2 is 2.38 bits per heavy atom. The Kier molecular flexibility index (Phi) is 1.39. The fourth-order valence-electron chi connectivity index (χ4n) is 1.16. The molecule has 0 aromatic rings. The van der Waals surface area contributed by atoms with Crippen molar-refractivity contribution in [2.75, 3.05) is 0 Å². The Labute approximate surface area is 50.0 Å². The average Bonchev–Trinajstić information content (AvgIpc) is 1.85. The zero-order chi connectivity index (χ0) is 6.15. The Morgan fingerprint density at radius 3 is 2.50 bits per heavy atom. The van der Waals surface area contributed by atoms with Crippen molar-refractivity contribution >= 4 is 0 Å². The van der Waals surface area contributed by atoms with E-state index < -0.39 is 0 Å². The van der Waals surface area contributed by atoms with Crippen LogP contribution < -0.4 is 0 Å². The summed E-state index contributed by atoms with van der Waals surface area (Å²) in [5, 5.41) is 9.01. The van der Waals surface area contributed by atoms with Crippen molar-refractivity contribution in [2.45, 2.75) is 25.9 Å². The highest BCUT2D eigenvalue weighted by Gasteiger charge is 2.21. The van der Waals surface area contributed by atoms with Crippen molar-refractivity contribution < 1.29 is 5.11 Å². The quantitative estimate of drug-likeness (QED) is 0.469. The average molecular weight is 112 g/mol. The third-order valence-electron chi connectivity index (χ3n) is 1.82. The van der Waals surface area contributed by atoms with Gasteiger partial charge in [-0.25, -0.2) is 0 Å². The molecule has 0 amide bonds. The summed E-state index contributed by atoms with van der Waals surface area (Å²) in [7, 11) is 0. The van der Waals surface area contributed by atoms with Crippen LogP contribution in [-0.2, 0) is 0 Å². The topological polar surface area (TPSA) is 20.2 Å². The van der Waals surface area contributed by atoms with Gasteiger partial charge < -0.3 is 5.11 Å². The van der Waals surface area contributed by atoms with E-state index in [0.717, 1.165) is 12.8 Å². The van der Waals surface area contributed by atoms with E-state index in [9.17, 15) is 0 Å². The monoisotopic (exact) mass is 112 g/mol. The van der Waals surface area contributed by atoms with Gasteiger partial charge >= 0.3 is 0 Å². The fraction of sp³-hybridized carbons (Fsp3) is 0.714. The van der Waals surface area contributed by atoms with Gasteiger partial charge in [-0.2, -0.15) is 0 Å². The van der Waals surface area contributed by atoms with Crippen LogP contribution >= 0.6 is 0 Å². The minimum absolute atomic E-state index is 0.0995. The SMILES string of the molecule is C=C1C[C@@H](O)C[C@H]1C. The van der Waals surface area contributed by atoms with Gasteiger partial charge in [0, 0.05) is 0 Å². The first-order chi connectivity index (χ1) is 3.70. The van der Waals surface area contributed by atoms with Crippen molar-refractivity contribution in [3.63, 3.8) is 0 Å². The van der Waals surface area contributed by atoms with E-state index in [1.165, 1.54) is 5.57 Å². The first-order valence-electron chi connectivity index (χ1n) is 3.06. The lowest BCUT2D eigenvalue weighted by molar-refractivity contribution is 0.180. The van der Waals surface area contributed by atoms with Crippen LogP contribution in [0.2, 0.25) is 0 Å². The summed E-state index contributed by atoms with van der Waals surface area (Å²) in [6, 6.07) is 0. The number of hydrogen-bond donors (Lipinski definition) is 1. The summed E-state index contributed by atoms with van der Waals surface area (Å²) in [5.74, 6) is 0.546. The van der Waals surface area contributed by atoms with E-state index in [1.807, 2.05) is 0 Å². The number of hydrogen-bond acceptors (Lipinski definition) is 1. The Bertz CT molecular complexity index is 107. The molecule has 1 N–H and O–H groups in total. The molecule has 1 aliphatic carbocycles. The summed E-state index contributed by atoms with van der Waals surface area (Å²) >= 11 is 0. The lowest BCUT2D eigenvalue weighted by Crippen LogP contribution is -1.97. The van der Waals surface area contributed by atoms with Gasteiger partial charge in [0.15, 0.2) is 0 Å². The molecule has 0 spiro atoms. The smallest absolute Gasteiger partial charge is 0.0582 e. The van der Waals surface area contributed by atoms with Gasteiger partial charge in [0.1, 0.15) is 0 Å². The highest BCUT2D eigenvalue weighted by atomic mass is 16.3. The van der Waals surface area contributed by atoms with Gasteiger partial charge in [0.2, 0.25) is 0 Å². The maximum absolute atomic E-state index is 9.01. The predicted molar refractivity (Wildman–Crippen MR) is 33.5 cm³/mol. The van der Waals surface area contributed by atoms with E-state index >= 15 is 0 Å². The molecule has 1 fully saturated rings. The summed E-state index contributed by atoms with van der Waals surface area (Å²) < 4.78 is 0. The summed E-state index contributed by atoms with van der Waals surface area (Å²) in [6.07, 6.45) is 1.64. The van der Waals surface area contributed by atoms with Crippen LogP contribution in [0.3, 0.4) is 0 Å². The van der Waals surface area contributed by atoms with E-state index in [0.29, 0.717) is 5.92 Å². The molecule has 2 atom stereocenters. The van der Waals surface area contributed by atoms with Crippen molar-refractivity contribution in [2.24, 2.45) is 5.92 Å². The molecule has 46 valence electrons. The molecule has 0 aromatic carbocycles. The molecular weight excluding hydrogens is 100 g/mol. The molecule has 0 bridgehead atoms. The Morgan fingerprint density at radius 1 is 1.75 bits per heavy atom. The second-order valence-corrected chi connectivity index (χ2v) is 2.65. The van der Waals surface area contributed by atoms with Gasteiger partial charge in [-0.3, -0.25) is 0 Å². The number of rotatable bonds is 0. The van der Waals surface area contributed by atoms with Crippen LogP contribution in [0.5, 0.6) is 0 Å². The van der Waals surface area contributed by atoms with Crippen LogP contribution in [0, 0.1) is 5.92 Å². The Balaban J connectivity index is 2.51. The van der Waals surface area contributed by atoms with Crippen molar-refractivity contribution in [3.05, 3.63) is 12.2 Å². The molecule has 0 saturated heterocycles. The van der Waals surface area contributed by atoms with Crippen LogP contribution in [0.1, 0.15) is 19.8 Å². The van der Waals surface area contributed by atoms with Gasteiger partial charge in [-0.15, -0.1) is 0 Å². The molecule has 8 heavy (non-hydrogen) atoms. The Hall–Kier alpha value is -0.300. The maximum atomic E-state index is 9.01. The molecule has 0 unspecified atom stereocenters. The minimum atomic E-state index is -0.0995. The summed E-state index contributed by atoms with van der Waals surface area (Å²) in [4.78, 5) is 0. The van der Waals surface area contributed by atoms with Gasteiger partial charge in [0.25, 0.3) is 0 Å². The molecule has 0 aromatic heterocycles. The zero-order valence-electron chi connectivity index (χ0n) is 5.22. The molecule has 0 radical (unpaired) electrons. The third-order valence-corrected chi connectivity index (χ3v) is 1.82. The molecule has 0 aliphatic heterocycles. The maximum Gasteiger partial charge on any atom is 0.0582 e. The van der Waals surface area contributed by atoms with Crippen molar-refractivity contribution in [1.29, 1.82) is 0 Å². The van der Waals surface area contributed by atoms with Crippen LogP contribution in [0.15, 0.2) is 12.2 Å². The van der Waals surface area contributed by atoms with Gasteiger partial charge in [-0.05, 0) is 18.8 Å². The number of aliphatic hydroxyl groups excluding tert-OH is 1. The first kappa shape index (κ1) is 5.83. The molecule has 0 heterocycles. The van der Waals surface area contributed by atoms with Gasteiger partial charge in [0.05, 0.1) is 6.10 Å². The molecule has 1 aliphatic rings. The zero-order valence-corrected chi connectivity index (χ0v) is 5.22. The van der Waals surface area contributed by atoms with Gasteiger partial charge in [-0.1, -0.05) is 19.1 Å². The second-order valence-electron chi connectivity index (χ2n) is 2.65. The second kappa shape index (κ2) is 1.90. The number of aliphatic hydroxyl groups is 1. The molecule has 1 nitrogen and oxygen atoms in total. The standard InChI is InChI=1S/C7H12O/c1-5-3-7(8)4-6(5)2/h6-8H,1,3-4H2,2H3/t6-,7-/m1/s1. The third kappa shape index (κ3) is 0.920. The summed E-state index contributed by atoms with van der Waals surface area (Å²) in [5.41, 5.74) is 1.21. The highest BCUT2D eigenvalue weighted by molar-refractivity contribution is 5.07. The van der Waals surface area contributed by atoms with Crippen molar-refractivity contribution in [3.8, 4) is 0 Å². The van der Waals surface area contributed by atoms with Crippen LogP contribution in [0.25, 0.3) is 0 Å². The molecule has 1 saturated carbocycles. The molecular formula is C7H12O. The van der Waals surface area contributed by atoms with E-state index in [4.69, 9.17) is 5.11 Å². The van der Waals surface area contributed by atoms with Crippen LogP contribution in [0.4, 0.5) is 0 Å². The largest absolute Gasteiger partial charge is 0.393 e. The molecule has 1 rings (SSSR count). The minimum Gasteiger partial charge on any atom is -0.393 e. The lowest BCUT2D eigenvalue weighted by atomic mass is 10.1.